The Hall–Kier alpha value is -0.610. The number of carbonyl (C=O) groups is 1. The van der Waals surface area contributed by atoms with Gasteiger partial charge in [-0.05, 0) is 12.3 Å². The van der Waals surface area contributed by atoms with Gasteiger partial charge in [-0.2, -0.15) is 0 Å². The van der Waals surface area contributed by atoms with Crippen molar-refractivity contribution < 1.29 is 9.53 Å². The van der Waals surface area contributed by atoms with Crippen molar-refractivity contribution in [3.05, 3.63) is 0 Å². The first kappa shape index (κ1) is 15.4. The highest BCUT2D eigenvalue weighted by Gasteiger charge is 2.25. The third-order valence-electron chi connectivity index (χ3n) is 2.65. The SMILES string of the molecule is CCC(COC)NC(C(=O)N(C)C)C(C)C. The summed E-state index contributed by atoms with van der Waals surface area (Å²) >= 11 is 0. The van der Waals surface area contributed by atoms with Gasteiger partial charge in [0.05, 0.1) is 12.6 Å². The molecule has 0 bridgehead atoms. The number of carbonyl (C=O) groups excluding carboxylic acids is 1. The molecule has 0 aromatic rings. The van der Waals surface area contributed by atoms with E-state index in [1.54, 1.807) is 26.1 Å². The maximum atomic E-state index is 12.0. The molecular formula is C12H26N2O2. The quantitative estimate of drug-likeness (QED) is 0.712. The molecule has 0 fully saturated rings. The van der Waals surface area contributed by atoms with Crippen LogP contribution in [0, 0.1) is 5.92 Å². The van der Waals surface area contributed by atoms with Crippen LogP contribution in [0.15, 0.2) is 0 Å². The number of likely N-dealkylation sites (N-methyl/N-ethyl adjacent to an activating group) is 1. The zero-order valence-corrected chi connectivity index (χ0v) is 11.4. The largest absolute Gasteiger partial charge is 0.383 e. The van der Waals surface area contributed by atoms with Gasteiger partial charge in [0.25, 0.3) is 0 Å². The molecule has 0 rings (SSSR count). The van der Waals surface area contributed by atoms with Gasteiger partial charge in [-0.15, -0.1) is 0 Å². The Kier molecular flexibility index (Phi) is 7.34. The van der Waals surface area contributed by atoms with Crippen molar-refractivity contribution in [2.75, 3.05) is 27.8 Å². The second-order valence-electron chi connectivity index (χ2n) is 4.68. The number of rotatable bonds is 7. The Labute approximate surface area is 99.3 Å². The van der Waals surface area contributed by atoms with E-state index in [1.807, 2.05) is 0 Å². The summed E-state index contributed by atoms with van der Waals surface area (Å²) in [6.45, 7) is 6.84. The van der Waals surface area contributed by atoms with E-state index >= 15 is 0 Å². The van der Waals surface area contributed by atoms with Gasteiger partial charge in [-0.1, -0.05) is 20.8 Å². The smallest absolute Gasteiger partial charge is 0.239 e. The molecule has 0 aliphatic carbocycles. The van der Waals surface area contributed by atoms with E-state index in [1.165, 1.54) is 0 Å². The lowest BCUT2D eigenvalue weighted by Gasteiger charge is -2.28. The Morgan fingerprint density at radius 1 is 1.38 bits per heavy atom. The third kappa shape index (κ3) is 4.94. The van der Waals surface area contributed by atoms with Crippen molar-refractivity contribution >= 4 is 5.91 Å². The second kappa shape index (κ2) is 7.63. The molecule has 1 amide bonds. The summed E-state index contributed by atoms with van der Waals surface area (Å²) in [6, 6.07) is 0.108. The number of nitrogens with one attached hydrogen (secondary N) is 1. The monoisotopic (exact) mass is 230 g/mol. The second-order valence-corrected chi connectivity index (χ2v) is 4.68. The van der Waals surface area contributed by atoms with Gasteiger partial charge < -0.3 is 15.0 Å². The molecule has 96 valence electrons. The average Bonchev–Trinajstić information content (AvgIpc) is 2.22. The topological polar surface area (TPSA) is 41.6 Å². The minimum absolute atomic E-state index is 0.129. The number of nitrogens with zero attached hydrogens (tertiary/aromatic N) is 1. The Morgan fingerprint density at radius 2 is 1.94 bits per heavy atom. The van der Waals surface area contributed by atoms with E-state index in [0.717, 1.165) is 6.42 Å². The zero-order valence-electron chi connectivity index (χ0n) is 11.4. The highest BCUT2D eigenvalue weighted by atomic mass is 16.5. The van der Waals surface area contributed by atoms with Crippen LogP contribution in [0.5, 0.6) is 0 Å². The maximum absolute atomic E-state index is 12.0. The van der Waals surface area contributed by atoms with Crippen LogP contribution in [0.2, 0.25) is 0 Å². The lowest BCUT2D eigenvalue weighted by Crippen LogP contribution is -2.51. The van der Waals surface area contributed by atoms with E-state index in [2.05, 4.69) is 26.1 Å². The van der Waals surface area contributed by atoms with E-state index in [-0.39, 0.29) is 23.9 Å². The lowest BCUT2D eigenvalue weighted by molar-refractivity contribution is -0.132. The first-order valence-corrected chi connectivity index (χ1v) is 5.90. The van der Waals surface area contributed by atoms with Crippen LogP contribution in [-0.4, -0.2) is 50.7 Å². The van der Waals surface area contributed by atoms with Gasteiger partial charge in [0, 0.05) is 27.2 Å². The Bertz CT molecular complexity index is 205. The van der Waals surface area contributed by atoms with Gasteiger partial charge in [0.15, 0.2) is 0 Å². The first-order chi connectivity index (χ1) is 7.43. The first-order valence-electron chi connectivity index (χ1n) is 5.90. The van der Waals surface area contributed by atoms with E-state index < -0.39 is 0 Å². The molecule has 2 unspecified atom stereocenters. The number of hydrogen-bond donors (Lipinski definition) is 1. The van der Waals surface area contributed by atoms with Crippen LogP contribution in [0.3, 0.4) is 0 Å². The molecule has 4 nitrogen and oxygen atoms in total. The third-order valence-corrected chi connectivity index (χ3v) is 2.65. The highest BCUT2D eigenvalue weighted by molar-refractivity contribution is 5.81. The van der Waals surface area contributed by atoms with Crippen molar-refractivity contribution in [1.82, 2.24) is 10.2 Å². The van der Waals surface area contributed by atoms with Crippen LogP contribution >= 0.6 is 0 Å². The summed E-state index contributed by atoms with van der Waals surface area (Å²) in [5.41, 5.74) is 0. The molecule has 4 heteroatoms. The van der Waals surface area contributed by atoms with E-state index in [4.69, 9.17) is 4.74 Å². The summed E-state index contributed by atoms with van der Waals surface area (Å²) < 4.78 is 5.13. The molecule has 16 heavy (non-hydrogen) atoms. The fourth-order valence-electron chi connectivity index (χ4n) is 1.57. The molecule has 0 saturated carbocycles. The summed E-state index contributed by atoms with van der Waals surface area (Å²) in [5.74, 6) is 0.408. The van der Waals surface area contributed by atoms with E-state index in [9.17, 15) is 4.79 Å². The Balaban J connectivity index is 4.48. The van der Waals surface area contributed by atoms with Crippen LogP contribution in [0.25, 0.3) is 0 Å². The Morgan fingerprint density at radius 3 is 2.25 bits per heavy atom. The minimum atomic E-state index is -0.130. The van der Waals surface area contributed by atoms with Gasteiger partial charge in [0.1, 0.15) is 0 Å². The predicted octanol–water partition coefficient (Wildman–Crippen LogP) is 1.11. The molecule has 0 aromatic carbocycles. The molecule has 0 spiro atoms. The van der Waals surface area contributed by atoms with Crippen molar-refractivity contribution in [1.29, 1.82) is 0 Å². The van der Waals surface area contributed by atoms with Gasteiger partial charge in [-0.25, -0.2) is 0 Å². The number of hydrogen-bond acceptors (Lipinski definition) is 3. The van der Waals surface area contributed by atoms with Crippen molar-refractivity contribution in [3.63, 3.8) is 0 Å². The van der Waals surface area contributed by atoms with Gasteiger partial charge in [0.2, 0.25) is 5.91 Å². The van der Waals surface area contributed by atoms with Crippen LogP contribution < -0.4 is 5.32 Å². The lowest BCUT2D eigenvalue weighted by atomic mass is 10.0. The highest BCUT2D eigenvalue weighted by Crippen LogP contribution is 2.07. The molecule has 1 N–H and O–H groups in total. The van der Waals surface area contributed by atoms with Crippen molar-refractivity contribution in [2.24, 2.45) is 5.92 Å². The van der Waals surface area contributed by atoms with Crippen LogP contribution in [0.4, 0.5) is 0 Å². The summed E-state index contributed by atoms with van der Waals surface area (Å²) in [7, 11) is 5.26. The van der Waals surface area contributed by atoms with E-state index in [0.29, 0.717) is 6.61 Å². The minimum Gasteiger partial charge on any atom is -0.383 e. The standard InChI is InChI=1S/C12H26N2O2/c1-7-10(8-16-6)13-11(9(2)3)12(15)14(4)5/h9-11,13H,7-8H2,1-6H3. The summed E-state index contributed by atoms with van der Waals surface area (Å²) in [6.07, 6.45) is 0.956. The molecule has 0 aliphatic heterocycles. The molecule has 0 aromatic heterocycles. The molecule has 0 heterocycles. The molecule has 2 atom stereocenters. The molecule has 0 radical (unpaired) electrons. The number of amides is 1. The predicted molar refractivity (Wildman–Crippen MR) is 66.4 cm³/mol. The molecular weight excluding hydrogens is 204 g/mol. The molecule has 0 saturated heterocycles. The number of ether oxygens (including phenoxy) is 1. The summed E-state index contributed by atoms with van der Waals surface area (Å²) in [5, 5.41) is 3.37. The summed E-state index contributed by atoms with van der Waals surface area (Å²) in [4.78, 5) is 13.6. The van der Waals surface area contributed by atoms with Crippen LogP contribution in [0.1, 0.15) is 27.2 Å². The van der Waals surface area contributed by atoms with Gasteiger partial charge in [-0.3, -0.25) is 4.79 Å². The molecule has 0 aliphatic rings. The normalized spacial score (nSPS) is 14.9. The van der Waals surface area contributed by atoms with Crippen molar-refractivity contribution in [2.45, 2.75) is 39.3 Å². The fraction of sp³-hybridized carbons (Fsp3) is 0.917. The van der Waals surface area contributed by atoms with Crippen molar-refractivity contribution in [3.8, 4) is 0 Å². The van der Waals surface area contributed by atoms with Crippen LogP contribution in [-0.2, 0) is 9.53 Å². The zero-order chi connectivity index (χ0) is 12.7. The fourth-order valence-corrected chi connectivity index (χ4v) is 1.57. The van der Waals surface area contributed by atoms with Gasteiger partial charge >= 0.3 is 0 Å². The number of methoxy groups -OCH3 is 1. The average molecular weight is 230 g/mol. The maximum Gasteiger partial charge on any atom is 0.239 e.